The highest BCUT2D eigenvalue weighted by atomic mass is 16.5. The minimum atomic E-state index is 0.174. The second-order valence-electron chi connectivity index (χ2n) is 6.87. The number of ether oxygens (including phenoxy) is 1. The highest BCUT2D eigenvalue weighted by Crippen LogP contribution is 2.39. The van der Waals surface area contributed by atoms with E-state index in [9.17, 15) is 0 Å². The highest BCUT2D eigenvalue weighted by molar-refractivity contribution is 5.57. The van der Waals surface area contributed by atoms with Crippen molar-refractivity contribution in [1.29, 1.82) is 0 Å². The molecular formula is C18H28N2O. The van der Waals surface area contributed by atoms with Crippen LogP contribution in [0.5, 0.6) is 0 Å². The fourth-order valence-corrected chi connectivity index (χ4v) is 3.81. The number of anilines is 2. The summed E-state index contributed by atoms with van der Waals surface area (Å²) in [6.07, 6.45) is 8.85. The zero-order valence-corrected chi connectivity index (χ0v) is 13.4. The molecule has 1 atom stereocenters. The van der Waals surface area contributed by atoms with E-state index >= 15 is 0 Å². The fraction of sp³-hybridized carbons (Fsp3) is 0.667. The maximum Gasteiger partial charge on any atom is 0.0702 e. The molecule has 1 heterocycles. The molecule has 1 saturated carbocycles. The van der Waals surface area contributed by atoms with Crippen LogP contribution in [0.2, 0.25) is 0 Å². The van der Waals surface area contributed by atoms with Gasteiger partial charge in [-0.25, -0.2) is 0 Å². The van der Waals surface area contributed by atoms with E-state index in [4.69, 9.17) is 4.74 Å². The van der Waals surface area contributed by atoms with Gasteiger partial charge < -0.3 is 15.0 Å². The Hall–Kier alpha value is -1.22. The fourth-order valence-electron chi connectivity index (χ4n) is 3.81. The van der Waals surface area contributed by atoms with Crippen molar-refractivity contribution in [2.24, 2.45) is 0 Å². The number of nitrogens with zero attached hydrogens (tertiary/aromatic N) is 1. The van der Waals surface area contributed by atoms with Crippen LogP contribution in [0.3, 0.4) is 0 Å². The minimum Gasteiger partial charge on any atom is -0.382 e. The lowest BCUT2D eigenvalue weighted by Gasteiger charge is -2.44. The van der Waals surface area contributed by atoms with E-state index in [0.29, 0.717) is 6.04 Å². The molecule has 0 amide bonds. The predicted octanol–water partition coefficient (Wildman–Crippen LogP) is 4.05. The van der Waals surface area contributed by atoms with Gasteiger partial charge in [-0.3, -0.25) is 0 Å². The average molecular weight is 288 g/mol. The molecule has 1 aromatic rings. The number of hydrogen-bond acceptors (Lipinski definition) is 3. The van der Waals surface area contributed by atoms with E-state index in [2.05, 4.69) is 48.6 Å². The Labute approximate surface area is 128 Å². The van der Waals surface area contributed by atoms with Gasteiger partial charge in [-0.1, -0.05) is 25.3 Å². The lowest BCUT2D eigenvalue weighted by atomic mass is 9.78. The largest absolute Gasteiger partial charge is 0.382 e. The standard InChI is InChI=1S/C18H28N2O/c1-20(2)17-8-6-7-15(13-17)19-16-9-12-21-18(14-16)10-4-3-5-11-18/h6-8,13,16,19H,3-5,9-12,14H2,1-2H3. The summed E-state index contributed by atoms with van der Waals surface area (Å²) in [5, 5.41) is 3.74. The lowest BCUT2D eigenvalue weighted by Crippen LogP contribution is -2.45. The SMILES string of the molecule is CN(C)c1cccc(NC2CCOC3(CCCCC3)C2)c1. The summed E-state index contributed by atoms with van der Waals surface area (Å²) < 4.78 is 6.19. The summed E-state index contributed by atoms with van der Waals surface area (Å²) in [5.74, 6) is 0. The number of benzene rings is 1. The molecule has 3 rings (SSSR count). The Bertz CT molecular complexity index is 461. The first kappa shape index (κ1) is 14.7. The zero-order valence-electron chi connectivity index (χ0n) is 13.4. The first-order valence-electron chi connectivity index (χ1n) is 8.35. The third-order valence-corrected chi connectivity index (χ3v) is 4.99. The van der Waals surface area contributed by atoms with Crippen molar-refractivity contribution in [2.45, 2.75) is 56.6 Å². The molecule has 1 saturated heterocycles. The van der Waals surface area contributed by atoms with Gasteiger partial charge in [0.15, 0.2) is 0 Å². The maximum atomic E-state index is 6.19. The van der Waals surface area contributed by atoms with Crippen molar-refractivity contribution in [2.75, 3.05) is 30.9 Å². The predicted molar refractivity (Wildman–Crippen MR) is 89.2 cm³/mol. The van der Waals surface area contributed by atoms with Crippen LogP contribution in [0, 0.1) is 0 Å². The lowest BCUT2D eigenvalue weighted by molar-refractivity contribution is -0.103. The molecule has 1 N–H and O–H groups in total. The van der Waals surface area contributed by atoms with Gasteiger partial charge in [-0.2, -0.15) is 0 Å². The van der Waals surface area contributed by atoms with Gasteiger partial charge in [0.1, 0.15) is 0 Å². The minimum absolute atomic E-state index is 0.174. The van der Waals surface area contributed by atoms with Crippen LogP contribution in [0.25, 0.3) is 0 Å². The van der Waals surface area contributed by atoms with Crippen molar-refractivity contribution >= 4 is 11.4 Å². The topological polar surface area (TPSA) is 24.5 Å². The first-order chi connectivity index (χ1) is 10.2. The van der Waals surface area contributed by atoms with Crippen molar-refractivity contribution in [3.63, 3.8) is 0 Å². The molecule has 1 aliphatic carbocycles. The van der Waals surface area contributed by atoms with Crippen LogP contribution in [0.1, 0.15) is 44.9 Å². The average Bonchev–Trinajstić information content (AvgIpc) is 2.48. The van der Waals surface area contributed by atoms with Gasteiger partial charge in [0.05, 0.1) is 5.60 Å². The molecule has 0 aromatic heterocycles. The van der Waals surface area contributed by atoms with E-state index in [0.717, 1.165) is 13.0 Å². The van der Waals surface area contributed by atoms with Crippen LogP contribution in [0.4, 0.5) is 11.4 Å². The van der Waals surface area contributed by atoms with Gasteiger partial charge in [-0.15, -0.1) is 0 Å². The van der Waals surface area contributed by atoms with E-state index < -0.39 is 0 Å². The van der Waals surface area contributed by atoms with Crippen LogP contribution >= 0.6 is 0 Å². The molecule has 1 aromatic carbocycles. The summed E-state index contributed by atoms with van der Waals surface area (Å²) in [5.41, 5.74) is 2.66. The van der Waals surface area contributed by atoms with E-state index in [1.54, 1.807) is 0 Å². The zero-order chi connectivity index (χ0) is 14.7. The Morgan fingerprint density at radius 2 is 2.00 bits per heavy atom. The molecule has 1 aliphatic heterocycles. The van der Waals surface area contributed by atoms with Gasteiger partial charge >= 0.3 is 0 Å². The first-order valence-corrected chi connectivity index (χ1v) is 8.35. The van der Waals surface area contributed by atoms with Crippen LogP contribution < -0.4 is 10.2 Å². The Balaban J connectivity index is 1.65. The molecule has 3 nitrogen and oxygen atoms in total. The van der Waals surface area contributed by atoms with E-state index in [1.165, 1.54) is 49.9 Å². The third kappa shape index (κ3) is 3.52. The molecule has 1 spiro atoms. The Morgan fingerprint density at radius 3 is 2.76 bits per heavy atom. The van der Waals surface area contributed by atoms with Gasteiger partial charge in [0, 0.05) is 38.1 Å². The van der Waals surface area contributed by atoms with Gasteiger partial charge in [0.25, 0.3) is 0 Å². The highest BCUT2D eigenvalue weighted by Gasteiger charge is 2.38. The summed E-state index contributed by atoms with van der Waals surface area (Å²) in [7, 11) is 4.18. The Morgan fingerprint density at radius 1 is 1.19 bits per heavy atom. The van der Waals surface area contributed by atoms with Gasteiger partial charge in [0.2, 0.25) is 0 Å². The maximum absolute atomic E-state index is 6.19. The molecular weight excluding hydrogens is 260 g/mol. The van der Waals surface area contributed by atoms with E-state index in [1.807, 2.05) is 0 Å². The van der Waals surface area contributed by atoms with Crippen LogP contribution in [0.15, 0.2) is 24.3 Å². The molecule has 1 unspecified atom stereocenters. The quantitative estimate of drug-likeness (QED) is 0.908. The molecule has 2 fully saturated rings. The molecule has 21 heavy (non-hydrogen) atoms. The monoisotopic (exact) mass is 288 g/mol. The van der Waals surface area contributed by atoms with Crippen molar-refractivity contribution in [3.8, 4) is 0 Å². The second-order valence-corrected chi connectivity index (χ2v) is 6.87. The van der Waals surface area contributed by atoms with Gasteiger partial charge in [-0.05, 0) is 43.9 Å². The van der Waals surface area contributed by atoms with Crippen LogP contribution in [-0.2, 0) is 4.74 Å². The molecule has 2 aliphatic rings. The van der Waals surface area contributed by atoms with Crippen molar-refractivity contribution in [3.05, 3.63) is 24.3 Å². The third-order valence-electron chi connectivity index (χ3n) is 4.99. The molecule has 116 valence electrons. The summed E-state index contributed by atoms with van der Waals surface area (Å²) >= 11 is 0. The molecule has 3 heteroatoms. The summed E-state index contributed by atoms with van der Waals surface area (Å²) in [6.45, 7) is 0.908. The van der Waals surface area contributed by atoms with Crippen molar-refractivity contribution in [1.82, 2.24) is 0 Å². The summed E-state index contributed by atoms with van der Waals surface area (Å²) in [4.78, 5) is 2.15. The molecule has 0 radical (unpaired) electrons. The molecule has 0 bridgehead atoms. The van der Waals surface area contributed by atoms with Crippen molar-refractivity contribution < 1.29 is 4.74 Å². The second kappa shape index (κ2) is 6.27. The number of hydrogen-bond donors (Lipinski definition) is 1. The Kier molecular flexibility index (Phi) is 4.39. The smallest absolute Gasteiger partial charge is 0.0702 e. The van der Waals surface area contributed by atoms with Crippen LogP contribution in [-0.4, -0.2) is 32.3 Å². The number of rotatable bonds is 3. The summed E-state index contributed by atoms with van der Waals surface area (Å²) in [6, 6.07) is 9.25. The normalized spacial score (nSPS) is 24.8. The number of nitrogens with one attached hydrogen (secondary N) is 1. The van der Waals surface area contributed by atoms with E-state index in [-0.39, 0.29) is 5.60 Å².